The molecule has 0 heterocycles. The summed E-state index contributed by atoms with van der Waals surface area (Å²) in [6, 6.07) is 6.89. The van der Waals surface area contributed by atoms with E-state index in [2.05, 4.69) is 13.8 Å². The minimum Gasteiger partial charge on any atom is -0.459 e. The fourth-order valence-corrected chi connectivity index (χ4v) is 4.58. The van der Waals surface area contributed by atoms with Gasteiger partial charge < -0.3 is 9.47 Å². The quantitative estimate of drug-likeness (QED) is 0.568. The SMILES string of the molecule is CCC1CCC(OC(=O)c2ccccc2C(=O)OC2CCC(CC)CC2)CC1. The van der Waals surface area contributed by atoms with Crippen molar-refractivity contribution in [3.63, 3.8) is 0 Å². The Kier molecular flexibility index (Phi) is 7.52. The van der Waals surface area contributed by atoms with Gasteiger partial charge >= 0.3 is 11.9 Å². The molecule has 0 atom stereocenters. The topological polar surface area (TPSA) is 52.6 Å². The van der Waals surface area contributed by atoms with Crippen LogP contribution < -0.4 is 0 Å². The maximum atomic E-state index is 12.7. The first-order valence-electron chi connectivity index (χ1n) is 11.1. The van der Waals surface area contributed by atoms with Crippen molar-refractivity contribution in [2.75, 3.05) is 0 Å². The predicted octanol–water partition coefficient (Wildman–Crippen LogP) is 5.94. The monoisotopic (exact) mass is 386 g/mol. The summed E-state index contributed by atoms with van der Waals surface area (Å²) in [4.78, 5) is 25.5. The zero-order valence-corrected chi connectivity index (χ0v) is 17.3. The van der Waals surface area contributed by atoms with Crippen molar-refractivity contribution < 1.29 is 19.1 Å². The van der Waals surface area contributed by atoms with E-state index in [9.17, 15) is 9.59 Å². The summed E-state index contributed by atoms with van der Waals surface area (Å²) >= 11 is 0. The van der Waals surface area contributed by atoms with E-state index in [4.69, 9.17) is 9.47 Å². The van der Waals surface area contributed by atoms with Crippen LogP contribution in [0, 0.1) is 11.8 Å². The Bertz CT molecular complexity index is 595. The van der Waals surface area contributed by atoms with Crippen LogP contribution in [0.5, 0.6) is 0 Å². The molecule has 0 bridgehead atoms. The molecule has 0 saturated heterocycles. The van der Waals surface area contributed by atoms with Gasteiger partial charge in [0, 0.05) is 0 Å². The van der Waals surface area contributed by atoms with E-state index in [0.717, 1.165) is 63.2 Å². The average molecular weight is 387 g/mol. The van der Waals surface area contributed by atoms with Crippen molar-refractivity contribution in [2.45, 2.75) is 90.3 Å². The molecule has 28 heavy (non-hydrogen) atoms. The number of rotatable bonds is 6. The third-order valence-electron chi connectivity index (χ3n) is 6.66. The molecule has 0 N–H and O–H groups in total. The molecule has 154 valence electrons. The van der Waals surface area contributed by atoms with Crippen LogP contribution in [0.15, 0.2) is 24.3 Å². The maximum Gasteiger partial charge on any atom is 0.339 e. The van der Waals surface area contributed by atoms with Gasteiger partial charge in [0.05, 0.1) is 11.1 Å². The minimum absolute atomic E-state index is 0.0382. The highest BCUT2D eigenvalue weighted by molar-refractivity contribution is 6.03. The summed E-state index contributed by atoms with van der Waals surface area (Å²) in [5.74, 6) is 0.699. The normalized spacial score (nSPS) is 27.8. The highest BCUT2D eigenvalue weighted by Gasteiger charge is 2.28. The lowest BCUT2D eigenvalue weighted by molar-refractivity contribution is 0.0119. The van der Waals surface area contributed by atoms with Gasteiger partial charge in [-0.1, -0.05) is 38.8 Å². The number of carbonyl (C=O) groups is 2. The molecule has 0 amide bonds. The van der Waals surface area contributed by atoms with E-state index < -0.39 is 11.9 Å². The third-order valence-corrected chi connectivity index (χ3v) is 6.66. The Balaban J connectivity index is 1.59. The van der Waals surface area contributed by atoms with E-state index in [-0.39, 0.29) is 12.2 Å². The Hall–Kier alpha value is -1.84. The molecule has 2 saturated carbocycles. The zero-order chi connectivity index (χ0) is 19.9. The van der Waals surface area contributed by atoms with Gasteiger partial charge in [0.1, 0.15) is 12.2 Å². The summed E-state index contributed by atoms with van der Waals surface area (Å²) in [7, 11) is 0. The van der Waals surface area contributed by atoms with E-state index in [1.165, 1.54) is 12.8 Å². The lowest BCUT2D eigenvalue weighted by Gasteiger charge is -2.28. The summed E-state index contributed by atoms with van der Waals surface area (Å²) in [6.45, 7) is 4.43. The van der Waals surface area contributed by atoms with Gasteiger partial charge in [0.25, 0.3) is 0 Å². The maximum absolute atomic E-state index is 12.7. The highest BCUT2D eigenvalue weighted by Crippen LogP contribution is 2.30. The number of benzene rings is 1. The van der Waals surface area contributed by atoms with Gasteiger partial charge in [-0.3, -0.25) is 0 Å². The number of ether oxygens (including phenoxy) is 2. The first kappa shape index (κ1) is 20.9. The van der Waals surface area contributed by atoms with Gasteiger partial charge in [-0.2, -0.15) is 0 Å². The second-order valence-corrected chi connectivity index (χ2v) is 8.46. The number of carbonyl (C=O) groups excluding carboxylic acids is 2. The Morgan fingerprint density at radius 2 is 1.07 bits per heavy atom. The molecule has 1 aromatic carbocycles. The smallest absolute Gasteiger partial charge is 0.339 e. The molecule has 0 aromatic heterocycles. The first-order chi connectivity index (χ1) is 13.6. The average Bonchev–Trinajstić information content (AvgIpc) is 2.74. The van der Waals surface area contributed by atoms with Crippen molar-refractivity contribution >= 4 is 11.9 Å². The molecule has 2 aliphatic rings. The number of hydrogen-bond donors (Lipinski definition) is 0. The predicted molar refractivity (Wildman–Crippen MR) is 109 cm³/mol. The first-order valence-corrected chi connectivity index (χ1v) is 11.1. The van der Waals surface area contributed by atoms with Crippen LogP contribution in [0.1, 0.15) is 98.8 Å². The van der Waals surface area contributed by atoms with E-state index in [1.807, 2.05) is 0 Å². The summed E-state index contributed by atoms with van der Waals surface area (Å²) in [6.07, 6.45) is 10.4. The van der Waals surface area contributed by atoms with Crippen LogP contribution in [0.4, 0.5) is 0 Å². The van der Waals surface area contributed by atoms with Crippen LogP contribution in [0.3, 0.4) is 0 Å². The van der Waals surface area contributed by atoms with Crippen molar-refractivity contribution in [3.8, 4) is 0 Å². The van der Waals surface area contributed by atoms with Crippen molar-refractivity contribution in [1.29, 1.82) is 0 Å². The molecule has 0 radical (unpaired) electrons. The van der Waals surface area contributed by atoms with Gasteiger partial charge in [0.2, 0.25) is 0 Å². The molecule has 4 heteroatoms. The lowest BCUT2D eigenvalue weighted by atomic mass is 9.86. The molecule has 2 aliphatic carbocycles. The van der Waals surface area contributed by atoms with Crippen LogP contribution in [0.2, 0.25) is 0 Å². The molecule has 0 aliphatic heterocycles. The van der Waals surface area contributed by atoms with Crippen LogP contribution >= 0.6 is 0 Å². The van der Waals surface area contributed by atoms with Crippen molar-refractivity contribution in [1.82, 2.24) is 0 Å². The van der Waals surface area contributed by atoms with Crippen molar-refractivity contribution in [2.24, 2.45) is 11.8 Å². The second-order valence-electron chi connectivity index (χ2n) is 8.46. The van der Waals surface area contributed by atoms with E-state index in [0.29, 0.717) is 11.1 Å². The molecule has 1 aromatic rings. The summed E-state index contributed by atoms with van der Waals surface area (Å²) in [5.41, 5.74) is 0.653. The molecular weight excluding hydrogens is 352 g/mol. The van der Waals surface area contributed by atoms with Crippen LogP contribution in [-0.2, 0) is 9.47 Å². The fourth-order valence-electron chi connectivity index (χ4n) is 4.58. The lowest BCUT2D eigenvalue weighted by Crippen LogP contribution is -2.27. The van der Waals surface area contributed by atoms with E-state index in [1.54, 1.807) is 24.3 Å². The minimum atomic E-state index is -0.401. The Morgan fingerprint density at radius 1 is 0.714 bits per heavy atom. The zero-order valence-electron chi connectivity index (χ0n) is 17.3. The van der Waals surface area contributed by atoms with Gasteiger partial charge in [-0.15, -0.1) is 0 Å². The van der Waals surface area contributed by atoms with E-state index >= 15 is 0 Å². The standard InChI is InChI=1S/C24H34O4/c1-3-17-9-13-19(14-10-17)27-23(25)21-7-5-6-8-22(21)24(26)28-20-15-11-18(4-2)12-16-20/h5-8,17-20H,3-4,9-16H2,1-2H3. The molecule has 0 unspecified atom stereocenters. The molecule has 2 fully saturated rings. The fraction of sp³-hybridized carbons (Fsp3) is 0.667. The molecule has 0 spiro atoms. The van der Waals surface area contributed by atoms with Crippen LogP contribution in [0.25, 0.3) is 0 Å². The highest BCUT2D eigenvalue weighted by atomic mass is 16.5. The number of hydrogen-bond acceptors (Lipinski definition) is 4. The summed E-state index contributed by atoms with van der Waals surface area (Å²) < 4.78 is 11.5. The van der Waals surface area contributed by atoms with Gasteiger partial charge in [-0.05, 0) is 75.3 Å². The molecule has 4 nitrogen and oxygen atoms in total. The van der Waals surface area contributed by atoms with Crippen LogP contribution in [-0.4, -0.2) is 24.1 Å². The Labute approximate surface area is 169 Å². The second kappa shape index (κ2) is 10.1. The number of esters is 2. The molecule has 3 rings (SSSR count). The molecular formula is C24H34O4. The largest absolute Gasteiger partial charge is 0.459 e. The summed E-state index contributed by atoms with van der Waals surface area (Å²) in [5, 5.41) is 0. The Morgan fingerprint density at radius 3 is 1.39 bits per heavy atom. The van der Waals surface area contributed by atoms with Gasteiger partial charge in [0.15, 0.2) is 0 Å². The van der Waals surface area contributed by atoms with Crippen molar-refractivity contribution in [3.05, 3.63) is 35.4 Å². The van der Waals surface area contributed by atoms with Gasteiger partial charge in [-0.25, -0.2) is 9.59 Å². The third kappa shape index (κ3) is 5.36.